The predicted molar refractivity (Wildman–Crippen MR) is 186 cm³/mol. The van der Waals surface area contributed by atoms with Crippen LogP contribution in [0.4, 0.5) is 8.78 Å². The first-order chi connectivity index (χ1) is 24.3. The number of ether oxygens (including phenoxy) is 2. The van der Waals surface area contributed by atoms with Crippen molar-refractivity contribution in [2.75, 3.05) is 26.8 Å². The van der Waals surface area contributed by atoms with Crippen molar-refractivity contribution in [2.45, 2.75) is 63.4 Å². The number of aromatic nitrogens is 2. The molecular formula is C37H37Cl2F2N5O4. The van der Waals surface area contributed by atoms with E-state index in [1.165, 1.54) is 11.6 Å². The first-order valence-corrected chi connectivity index (χ1v) is 17.5. The third-order valence-electron chi connectivity index (χ3n) is 9.35. The van der Waals surface area contributed by atoms with Crippen LogP contribution in [0.15, 0.2) is 64.8 Å². The Balaban J connectivity index is 1.10. The average Bonchev–Trinajstić information content (AvgIpc) is 3.86. The van der Waals surface area contributed by atoms with Gasteiger partial charge in [0.25, 0.3) is 5.91 Å². The van der Waals surface area contributed by atoms with Crippen LogP contribution in [0.5, 0.6) is 5.88 Å². The lowest BCUT2D eigenvalue weighted by Crippen LogP contribution is -2.60. The van der Waals surface area contributed by atoms with Gasteiger partial charge in [-0.2, -0.15) is 0 Å². The minimum atomic E-state index is -0.759. The first kappa shape index (κ1) is 34.6. The van der Waals surface area contributed by atoms with E-state index in [0.717, 1.165) is 66.6 Å². The molecule has 1 aliphatic carbocycles. The van der Waals surface area contributed by atoms with Gasteiger partial charge < -0.3 is 29.5 Å². The number of carbonyl (C=O) groups excluding carboxylic acids is 1. The monoisotopic (exact) mass is 723 g/mol. The van der Waals surface area contributed by atoms with Crippen LogP contribution < -0.4 is 15.4 Å². The number of nitrogens with zero attached hydrogens (tertiary/aromatic N) is 3. The molecule has 2 N–H and O–H groups in total. The van der Waals surface area contributed by atoms with Crippen molar-refractivity contribution in [1.82, 2.24) is 25.7 Å². The molecule has 1 amide bonds. The van der Waals surface area contributed by atoms with Gasteiger partial charge in [0.05, 0.1) is 16.6 Å². The molecule has 1 saturated carbocycles. The number of pyridine rings is 1. The van der Waals surface area contributed by atoms with Crippen LogP contribution in [0, 0.1) is 11.6 Å². The Bertz CT molecular complexity index is 1900. The molecule has 2 bridgehead atoms. The summed E-state index contributed by atoms with van der Waals surface area (Å²) in [6.45, 7) is 2.52. The fraction of sp³-hybridized carbons (Fsp3) is 0.378. The molecule has 0 spiro atoms. The highest BCUT2D eigenvalue weighted by atomic mass is 35.5. The summed E-state index contributed by atoms with van der Waals surface area (Å²) in [7, 11) is 1.70. The Morgan fingerprint density at radius 2 is 1.92 bits per heavy atom. The van der Waals surface area contributed by atoms with E-state index < -0.39 is 11.6 Å². The van der Waals surface area contributed by atoms with Gasteiger partial charge in [0.1, 0.15) is 17.3 Å². The highest BCUT2D eigenvalue weighted by molar-refractivity contribution is 6.33. The van der Waals surface area contributed by atoms with E-state index in [0.29, 0.717) is 37.0 Å². The summed E-state index contributed by atoms with van der Waals surface area (Å²) in [5, 5.41) is 11.3. The molecule has 9 nitrogen and oxygen atoms in total. The number of amides is 1. The van der Waals surface area contributed by atoms with Crippen LogP contribution in [-0.4, -0.2) is 65.9 Å². The van der Waals surface area contributed by atoms with Gasteiger partial charge in [-0.15, -0.1) is 0 Å². The van der Waals surface area contributed by atoms with Gasteiger partial charge in [-0.25, -0.2) is 13.8 Å². The third-order valence-corrected chi connectivity index (χ3v) is 10.1. The number of aryl methyl sites for hydroxylation is 1. The SMILES string of the molecule is COCCCc1ccc(Cl)c(CN(C(=O)C2=C(c3ccc(OCc4cc(-c5c(F)ccc(F)c5Cl)no4)nc3)C[C@@H]3CNC[C@@H]2N3)C2CC2)c1. The van der Waals surface area contributed by atoms with Gasteiger partial charge in [-0.05, 0) is 78.6 Å². The normalized spacial score (nSPS) is 18.7. The molecule has 0 unspecified atom stereocenters. The van der Waals surface area contributed by atoms with Crippen LogP contribution in [0.2, 0.25) is 10.0 Å². The van der Waals surface area contributed by atoms with Crippen LogP contribution in [0.1, 0.15) is 48.1 Å². The standard InChI is InChI=1S/C37H37Cl2F2N5O4/c1-48-12-2-3-21-4-8-28(38)23(13-21)19-46(25-6-7-25)37(47)34-27(14-24-17-42-18-32(34)44-24)22-5-11-33(43-16-22)49-20-26-15-31(45-50-26)35-29(40)9-10-30(41)36(35)39/h4-5,8-11,13,15-16,24-25,32,42,44H,2-3,6-7,12,14,17-20H2,1H3/t24-,32+/m1/s1. The summed E-state index contributed by atoms with van der Waals surface area (Å²) in [5.74, 6) is -0.859. The van der Waals surface area contributed by atoms with Crippen molar-refractivity contribution in [1.29, 1.82) is 0 Å². The lowest BCUT2D eigenvalue weighted by molar-refractivity contribution is -0.128. The summed E-state index contributed by atoms with van der Waals surface area (Å²) in [4.78, 5) is 21.1. The Morgan fingerprint density at radius 3 is 2.70 bits per heavy atom. The van der Waals surface area contributed by atoms with E-state index in [4.69, 9.17) is 37.2 Å². The van der Waals surface area contributed by atoms with Crippen molar-refractivity contribution in [3.63, 3.8) is 0 Å². The minimum Gasteiger partial charge on any atom is -0.469 e. The Labute approximate surface area is 298 Å². The van der Waals surface area contributed by atoms with Crippen molar-refractivity contribution >= 4 is 34.7 Å². The zero-order valence-corrected chi connectivity index (χ0v) is 29.0. The number of halogens is 4. The van der Waals surface area contributed by atoms with Crippen molar-refractivity contribution in [3.8, 4) is 17.1 Å². The van der Waals surface area contributed by atoms with Gasteiger partial charge in [0.15, 0.2) is 12.4 Å². The maximum Gasteiger partial charge on any atom is 0.252 e. The van der Waals surface area contributed by atoms with Crippen molar-refractivity contribution < 1.29 is 27.6 Å². The summed E-state index contributed by atoms with van der Waals surface area (Å²) in [5.41, 5.74) is 4.57. The van der Waals surface area contributed by atoms with E-state index >= 15 is 0 Å². The van der Waals surface area contributed by atoms with Crippen LogP contribution >= 0.6 is 23.2 Å². The molecule has 13 heteroatoms. The van der Waals surface area contributed by atoms with E-state index in [9.17, 15) is 13.6 Å². The molecule has 2 aliphatic heterocycles. The molecule has 1 saturated heterocycles. The number of nitrogens with one attached hydrogen (secondary N) is 2. The molecule has 2 fully saturated rings. The molecule has 4 aromatic rings. The molecular weight excluding hydrogens is 687 g/mol. The number of benzene rings is 2. The largest absolute Gasteiger partial charge is 0.469 e. The number of rotatable bonds is 13. The molecule has 3 aliphatic rings. The smallest absolute Gasteiger partial charge is 0.252 e. The Hall–Kier alpha value is -3.87. The topological polar surface area (TPSA) is 102 Å². The molecule has 0 radical (unpaired) electrons. The summed E-state index contributed by atoms with van der Waals surface area (Å²) < 4.78 is 44.6. The number of methoxy groups -OCH3 is 1. The van der Waals surface area contributed by atoms with Crippen molar-refractivity contribution in [3.05, 3.63) is 104 Å². The maximum atomic E-state index is 14.6. The highest BCUT2D eigenvalue weighted by Gasteiger charge is 2.41. The molecule has 2 aromatic carbocycles. The molecule has 2 atom stereocenters. The second-order valence-corrected chi connectivity index (χ2v) is 13.7. The van der Waals surface area contributed by atoms with Gasteiger partial charge in [0, 0.05) is 74.4 Å². The summed E-state index contributed by atoms with van der Waals surface area (Å²) in [6.07, 6.45) is 6.10. The zero-order valence-electron chi connectivity index (χ0n) is 27.5. The van der Waals surface area contributed by atoms with Crippen molar-refractivity contribution in [2.24, 2.45) is 0 Å². The maximum absolute atomic E-state index is 14.6. The summed E-state index contributed by atoms with van der Waals surface area (Å²) in [6, 6.07) is 13.3. The van der Waals surface area contributed by atoms with Crippen LogP contribution in [0.25, 0.3) is 16.8 Å². The second kappa shape index (κ2) is 15.2. The van der Waals surface area contributed by atoms with E-state index in [1.54, 1.807) is 19.4 Å². The van der Waals surface area contributed by atoms with E-state index in [1.807, 2.05) is 23.1 Å². The Kier molecular flexibility index (Phi) is 10.5. The third kappa shape index (κ3) is 7.57. The Morgan fingerprint density at radius 1 is 1.08 bits per heavy atom. The lowest BCUT2D eigenvalue weighted by Gasteiger charge is -2.40. The average molecular weight is 725 g/mol. The number of hydrogen-bond acceptors (Lipinski definition) is 8. The number of piperazine rings is 1. The van der Waals surface area contributed by atoms with E-state index in [2.05, 4.69) is 26.8 Å². The zero-order chi connectivity index (χ0) is 34.8. The van der Waals surface area contributed by atoms with Gasteiger partial charge >= 0.3 is 0 Å². The fourth-order valence-corrected chi connectivity index (χ4v) is 7.13. The number of hydrogen-bond donors (Lipinski definition) is 2. The predicted octanol–water partition coefficient (Wildman–Crippen LogP) is 6.76. The molecule has 7 rings (SSSR count). The summed E-state index contributed by atoms with van der Waals surface area (Å²) >= 11 is 12.7. The number of fused-ring (bicyclic) bond motifs is 2. The quantitative estimate of drug-likeness (QED) is 0.115. The van der Waals surface area contributed by atoms with Crippen LogP contribution in [0.3, 0.4) is 0 Å². The van der Waals surface area contributed by atoms with Gasteiger partial charge in [-0.3, -0.25) is 4.79 Å². The van der Waals surface area contributed by atoms with E-state index in [-0.39, 0.29) is 52.7 Å². The lowest BCUT2D eigenvalue weighted by atomic mass is 9.84. The molecule has 4 heterocycles. The first-order valence-electron chi connectivity index (χ1n) is 16.7. The molecule has 50 heavy (non-hydrogen) atoms. The highest BCUT2D eigenvalue weighted by Crippen LogP contribution is 2.37. The van der Waals surface area contributed by atoms with Gasteiger partial charge in [0.2, 0.25) is 5.88 Å². The molecule has 262 valence electrons. The second-order valence-electron chi connectivity index (χ2n) is 12.9. The minimum absolute atomic E-state index is 0.0132. The van der Waals surface area contributed by atoms with Gasteiger partial charge in [-0.1, -0.05) is 40.5 Å². The number of carbonyl (C=O) groups is 1. The van der Waals surface area contributed by atoms with Crippen LogP contribution in [-0.2, 0) is 29.1 Å². The fourth-order valence-electron chi connectivity index (χ4n) is 6.71. The molecule has 2 aromatic heterocycles.